The van der Waals surface area contributed by atoms with Gasteiger partial charge < -0.3 is 4.84 Å². The van der Waals surface area contributed by atoms with Crippen LogP contribution in [-0.4, -0.2) is 35.9 Å². The minimum atomic E-state index is 0.0278. The number of hydrogen-bond donors (Lipinski definition) is 1. The highest BCUT2D eigenvalue weighted by Crippen LogP contribution is 2.33. The van der Waals surface area contributed by atoms with Gasteiger partial charge >= 0.3 is 0 Å². The number of terminal acetylenes is 1. The molecule has 1 heterocycles. The van der Waals surface area contributed by atoms with Gasteiger partial charge in [-0.05, 0) is 33.2 Å². The van der Waals surface area contributed by atoms with Gasteiger partial charge in [-0.15, -0.1) is 5.48 Å². The quantitative estimate of drug-likeness (QED) is 0.577. The van der Waals surface area contributed by atoms with E-state index in [4.69, 9.17) is 11.3 Å². The van der Waals surface area contributed by atoms with Crippen LogP contribution in [0.5, 0.6) is 0 Å². The summed E-state index contributed by atoms with van der Waals surface area (Å²) in [6.45, 7) is 5.85. The number of rotatable bonds is 5. The Bertz CT molecular complexity index is 311. The van der Waals surface area contributed by atoms with Crippen molar-refractivity contribution in [3.05, 3.63) is 0 Å². The summed E-state index contributed by atoms with van der Waals surface area (Å²) in [5, 5.41) is 0. The first kappa shape index (κ1) is 14.0. The Morgan fingerprint density at radius 2 is 2.35 bits per heavy atom. The van der Waals surface area contributed by atoms with Gasteiger partial charge in [-0.1, -0.05) is 19.8 Å². The van der Waals surface area contributed by atoms with E-state index >= 15 is 0 Å². The Morgan fingerprint density at radius 3 is 2.82 bits per heavy atom. The van der Waals surface area contributed by atoms with Crippen molar-refractivity contribution < 1.29 is 9.63 Å². The molecule has 4 atom stereocenters. The summed E-state index contributed by atoms with van der Waals surface area (Å²) in [7, 11) is 2.00. The number of hydrogen-bond acceptors (Lipinski definition) is 4. The highest BCUT2D eigenvalue weighted by atomic mass is 16.6. The molecule has 4 heteroatoms. The van der Waals surface area contributed by atoms with Crippen LogP contribution in [0, 0.1) is 18.4 Å². The van der Waals surface area contributed by atoms with Crippen molar-refractivity contribution in [1.29, 1.82) is 0 Å². The van der Waals surface area contributed by atoms with E-state index in [0.717, 1.165) is 12.8 Å². The maximum atomic E-state index is 11.6. The number of likely N-dealkylation sites (tertiary alicyclic amines) is 1. The van der Waals surface area contributed by atoms with Crippen LogP contribution >= 0.6 is 0 Å². The van der Waals surface area contributed by atoms with Gasteiger partial charge in [0.2, 0.25) is 0 Å². The van der Waals surface area contributed by atoms with Crippen LogP contribution in [0.15, 0.2) is 0 Å². The summed E-state index contributed by atoms with van der Waals surface area (Å²) in [4.78, 5) is 18.5. The summed E-state index contributed by atoms with van der Waals surface area (Å²) in [5.74, 6) is 0.733. The van der Waals surface area contributed by atoms with Crippen molar-refractivity contribution >= 4 is 5.78 Å². The summed E-state index contributed by atoms with van der Waals surface area (Å²) in [5.41, 5.74) is 2.84. The zero-order chi connectivity index (χ0) is 13.0. The van der Waals surface area contributed by atoms with Gasteiger partial charge in [-0.2, -0.15) is 0 Å². The largest absolute Gasteiger partial charge is 0.356 e. The lowest BCUT2D eigenvalue weighted by Gasteiger charge is -2.31. The highest BCUT2D eigenvalue weighted by Gasteiger charge is 2.42. The van der Waals surface area contributed by atoms with Crippen LogP contribution in [0.2, 0.25) is 0 Å². The van der Waals surface area contributed by atoms with Gasteiger partial charge in [0.15, 0.2) is 0 Å². The van der Waals surface area contributed by atoms with E-state index in [1.807, 2.05) is 14.0 Å². The highest BCUT2D eigenvalue weighted by molar-refractivity contribution is 5.81. The molecule has 17 heavy (non-hydrogen) atoms. The smallest absolute Gasteiger partial charge is 0.146 e. The third-order valence-electron chi connectivity index (χ3n) is 3.78. The second kappa shape index (κ2) is 6.04. The Labute approximate surface area is 104 Å². The molecule has 0 radical (unpaired) electrons. The Kier molecular flexibility index (Phi) is 4.98. The summed E-state index contributed by atoms with van der Waals surface area (Å²) in [6, 6.07) is 0.410. The standard InChI is InChI=1S/C13H22N2O2/c1-6-11-8-12(10(4)16)15(5)13(11)9(3)14-17-7-2/h2,9,11-14H,6,8H2,1,3-5H3/t9?,11-,12-,13?/m1/s1. The zero-order valence-corrected chi connectivity index (χ0v) is 11.1. The molecule has 0 bridgehead atoms. The predicted octanol–water partition coefficient (Wildman–Crippen LogP) is 1.17. The van der Waals surface area contributed by atoms with Gasteiger partial charge in [0, 0.05) is 6.04 Å². The molecule has 1 aliphatic rings. The van der Waals surface area contributed by atoms with Crippen LogP contribution in [0.3, 0.4) is 0 Å². The SMILES string of the molecule is C#CONC(C)C1[C@H](CC)C[C@H](C(C)=O)N1C. The molecular formula is C13H22N2O2. The molecule has 0 saturated carbocycles. The topological polar surface area (TPSA) is 41.6 Å². The minimum Gasteiger partial charge on any atom is -0.356 e. The molecule has 1 N–H and O–H groups in total. The van der Waals surface area contributed by atoms with Crippen LogP contribution in [-0.2, 0) is 9.63 Å². The zero-order valence-electron chi connectivity index (χ0n) is 11.1. The molecule has 0 aliphatic carbocycles. The molecule has 1 aliphatic heterocycles. The van der Waals surface area contributed by atoms with E-state index in [-0.39, 0.29) is 23.9 Å². The van der Waals surface area contributed by atoms with Crippen molar-refractivity contribution in [1.82, 2.24) is 10.4 Å². The third kappa shape index (κ3) is 2.99. The fourth-order valence-electron chi connectivity index (χ4n) is 2.95. The van der Waals surface area contributed by atoms with Crippen LogP contribution in [0.1, 0.15) is 33.6 Å². The molecule has 1 saturated heterocycles. The van der Waals surface area contributed by atoms with E-state index < -0.39 is 0 Å². The van der Waals surface area contributed by atoms with E-state index in [0.29, 0.717) is 5.92 Å². The van der Waals surface area contributed by atoms with Crippen molar-refractivity contribution in [2.24, 2.45) is 5.92 Å². The Hall–Kier alpha value is -1.05. The molecular weight excluding hydrogens is 216 g/mol. The van der Waals surface area contributed by atoms with Crippen molar-refractivity contribution in [3.63, 3.8) is 0 Å². The molecule has 0 spiro atoms. The van der Waals surface area contributed by atoms with Gasteiger partial charge in [0.25, 0.3) is 0 Å². The van der Waals surface area contributed by atoms with Gasteiger partial charge in [-0.25, -0.2) is 0 Å². The Balaban J connectivity index is 2.74. The van der Waals surface area contributed by atoms with Crippen molar-refractivity contribution in [2.45, 2.75) is 51.7 Å². The first-order valence-corrected chi connectivity index (χ1v) is 6.12. The fraction of sp³-hybridized carbons (Fsp3) is 0.769. The summed E-state index contributed by atoms with van der Waals surface area (Å²) in [6.07, 6.45) is 9.14. The summed E-state index contributed by atoms with van der Waals surface area (Å²) < 4.78 is 0. The van der Waals surface area contributed by atoms with Gasteiger partial charge in [0.1, 0.15) is 11.9 Å². The second-order valence-electron chi connectivity index (χ2n) is 4.81. The number of likely N-dealkylation sites (N-methyl/N-ethyl adjacent to an activating group) is 1. The van der Waals surface area contributed by atoms with E-state index in [1.165, 1.54) is 0 Å². The number of nitrogens with zero attached hydrogens (tertiary/aromatic N) is 1. The van der Waals surface area contributed by atoms with Gasteiger partial charge in [-0.3, -0.25) is 9.69 Å². The molecule has 0 amide bonds. The molecule has 1 rings (SSSR count). The van der Waals surface area contributed by atoms with Crippen LogP contribution < -0.4 is 5.48 Å². The molecule has 1 fully saturated rings. The maximum absolute atomic E-state index is 11.6. The number of carbonyl (C=O) groups is 1. The van der Waals surface area contributed by atoms with Crippen LogP contribution in [0.4, 0.5) is 0 Å². The van der Waals surface area contributed by atoms with Crippen molar-refractivity contribution in [3.8, 4) is 12.5 Å². The molecule has 0 aromatic heterocycles. The number of hydroxylamine groups is 1. The molecule has 0 aromatic rings. The van der Waals surface area contributed by atoms with Crippen molar-refractivity contribution in [2.75, 3.05) is 7.05 Å². The number of carbonyl (C=O) groups excluding carboxylic acids is 1. The minimum absolute atomic E-state index is 0.0278. The average molecular weight is 238 g/mol. The third-order valence-corrected chi connectivity index (χ3v) is 3.78. The first-order chi connectivity index (χ1) is 8.02. The normalized spacial score (nSPS) is 30.9. The van der Waals surface area contributed by atoms with Crippen LogP contribution in [0.25, 0.3) is 0 Å². The Morgan fingerprint density at radius 1 is 1.71 bits per heavy atom. The van der Waals surface area contributed by atoms with Gasteiger partial charge in [0.05, 0.1) is 12.1 Å². The predicted molar refractivity (Wildman–Crippen MR) is 66.9 cm³/mol. The maximum Gasteiger partial charge on any atom is 0.146 e. The monoisotopic (exact) mass is 238 g/mol. The fourth-order valence-corrected chi connectivity index (χ4v) is 2.95. The average Bonchev–Trinajstić information content (AvgIpc) is 2.63. The molecule has 96 valence electrons. The molecule has 4 nitrogen and oxygen atoms in total. The van der Waals surface area contributed by atoms with E-state index in [1.54, 1.807) is 6.92 Å². The lowest BCUT2D eigenvalue weighted by molar-refractivity contribution is -0.121. The first-order valence-electron chi connectivity index (χ1n) is 6.12. The summed E-state index contributed by atoms with van der Waals surface area (Å²) >= 11 is 0. The lowest BCUT2D eigenvalue weighted by atomic mass is 9.92. The lowest BCUT2D eigenvalue weighted by Crippen LogP contribution is -2.48. The number of nitrogens with one attached hydrogen (secondary N) is 1. The molecule has 2 unspecified atom stereocenters. The number of ketones is 1. The van der Waals surface area contributed by atoms with E-state index in [2.05, 4.69) is 23.4 Å². The number of Topliss-reactive ketones (excluding diaryl/α,β-unsaturated/α-hetero) is 1. The molecule has 0 aromatic carbocycles. The second-order valence-corrected chi connectivity index (χ2v) is 4.81. The van der Waals surface area contributed by atoms with E-state index in [9.17, 15) is 4.79 Å².